The van der Waals surface area contributed by atoms with Crippen LogP contribution in [0.2, 0.25) is 0 Å². The van der Waals surface area contributed by atoms with Gasteiger partial charge < -0.3 is 29.3 Å². The van der Waals surface area contributed by atoms with E-state index in [1.807, 2.05) is 63.2 Å². The highest BCUT2D eigenvalue weighted by Crippen LogP contribution is 2.30. The molecule has 4 amide bonds. The third-order valence-electron chi connectivity index (χ3n) is 12.3. The van der Waals surface area contributed by atoms with Crippen LogP contribution in [-0.2, 0) is 43.7 Å². The summed E-state index contributed by atoms with van der Waals surface area (Å²) in [4.78, 5) is 67.4. The Kier molecular flexibility index (Phi) is 14.9. The first-order valence-corrected chi connectivity index (χ1v) is 23.3. The van der Waals surface area contributed by atoms with Gasteiger partial charge in [-0.15, -0.1) is 0 Å². The number of nitrogens with zero attached hydrogens (tertiary/aromatic N) is 8. The van der Waals surface area contributed by atoms with Gasteiger partial charge in [-0.3, -0.25) is 28.8 Å². The number of imide groups is 1. The molecule has 0 aliphatic carbocycles. The number of pyridine rings is 1. The van der Waals surface area contributed by atoms with Gasteiger partial charge in [-0.25, -0.2) is 27.6 Å². The highest BCUT2D eigenvalue weighted by atomic mass is 19.3. The largest absolute Gasteiger partial charge is 0.444 e. The predicted molar refractivity (Wildman–Crippen MR) is 253 cm³/mol. The normalized spacial score (nSPS) is 15.7. The molecule has 0 bridgehead atoms. The number of ether oxygens (including phenoxy) is 3. The molecule has 2 saturated heterocycles. The summed E-state index contributed by atoms with van der Waals surface area (Å²) in [6.45, 7) is 9.53. The van der Waals surface area contributed by atoms with Crippen LogP contribution in [0.1, 0.15) is 92.5 Å². The zero-order valence-electron chi connectivity index (χ0n) is 39.3. The molecule has 4 aromatic heterocycles. The number of piperazine rings is 1. The molecule has 18 nitrogen and oxygen atoms in total. The number of rotatable bonds is 18. The zero-order valence-corrected chi connectivity index (χ0v) is 39.3. The first-order chi connectivity index (χ1) is 33.1. The van der Waals surface area contributed by atoms with Gasteiger partial charge in [0.1, 0.15) is 11.6 Å². The van der Waals surface area contributed by atoms with E-state index in [-0.39, 0.29) is 41.8 Å². The summed E-state index contributed by atoms with van der Waals surface area (Å²) < 4.78 is 51.6. The number of fused-ring (bicyclic) bond motifs is 2. The molecular weight excluding hydrogens is 895 g/mol. The Balaban J connectivity index is 0.757. The topological polar surface area (TPSA) is 189 Å². The maximum absolute atomic E-state index is 14.3. The lowest BCUT2D eigenvalue weighted by Gasteiger charge is -2.36. The van der Waals surface area contributed by atoms with Crippen molar-refractivity contribution in [2.24, 2.45) is 7.05 Å². The monoisotopic (exact) mass is 952 g/mol. The van der Waals surface area contributed by atoms with Crippen molar-refractivity contribution in [3.63, 3.8) is 0 Å². The lowest BCUT2D eigenvalue weighted by Crippen LogP contribution is -2.50. The number of nitrogens with one attached hydrogen (secondary N) is 2. The molecule has 0 saturated carbocycles. The van der Waals surface area contributed by atoms with Crippen molar-refractivity contribution in [2.75, 3.05) is 62.8 Å². The molecule has 2 aliphatic rings. The molecule has 6 heterocycles. The molecule has 1 unspecified atom stereocenters. The van der Waals surface area contributed by atoms with E-state index in [2.05, 4.69) is 25.7 Å². The molecule has 366 valence electrons. The highest BCUT2D eigenvalue weighted by molar-refractivity contribution is 6.09. The van der Waals surface area contributed by atoms with Gasteiger partial charge in [0.05, 0.1) is 59.1 Å². The number of amides is 4. The second-order valence-electron chi connectivity index (χ2n) is 18.3. The Morgan fingerprint density at radius 3 is 2.33 bits per heavy atom. The summed E-state index contributed by atoms with van der Waals surface area (Å²) in [5.41, 5.74) is 4.03. The molecule has 0 radical (unpaired) electrons. The predicted octanol–water partition coefficient (Wildman–Crippen LogP) is 6.39. The Morgan fingerprint density at radius 1 is 0.884 bits per heavy atom. The Morgan fingerprint density at radius 2 is 1.62 bits per heavy atom. The minimum absolute atomic E-state index is 0.110. The number of unbranched alkanes of at least 4 members (excludes halogenated alkanes) is 1. The van der Waals surface area contributed by atoms with Crippen molar-refractivity contribution < 1.29 is 42.2 Å². The Hall–Kier alpha value is -6.93. The van der Waals surface area contributed by atoms with E-state index in [1.165, 1.54) is 21.6 Å². The van der Waals surface area contributed by atoms with Gasteiger partial charge in [-0.1, -0.05) is 24.3 Å². The van der Waals surface area contributed by atoms with Crippen LogP contribution in [0.4, 0.5) is 25.0 Å². The van der Waals surface area contributed by atoms with E-state index in [0.717, 1.165) is 48.0 Å². The number of aryl methyl sites for hydroxylation is 3. The zero-order chi connectivity index (χ0) is 48.8. The average molecular weight is 953 g/mol. The minimum Gasteiger partial charge on any atom is -0.444 e. The molecule has 2 fully saturated rings. The quantitative estimate of drug-likeness (QED) is 0.0718. The van der Waals surface area contributed by atoms with E-state index < -0.39 is 35.6 Å². The number of anilines is 2. The number of aromatic nitrogens is 6. The highest BCUT2D eigenvalue weighted by Gasteiger charge is 2.32. The first-order valence-electron chi connectivity index (χ1n) is 23.3. The van der Waals surface area contributed by atoms with E-state index >= 15 is 0 Å². The lowest BCUT2D eigenvalue weighted by molar-refractivity contribution is -0.135. The number of carbonyl (C=O) groups is 4. The summed E-state index contributed by atoms with van der Waals surface area (Å²) in [7, 11) is 1.70. The fourth-order valence-electron chi connectivity index (χ4n) is 8.77. The smallest absolute Gasteiger partial charge is 0.410 e. The first kappa shape index (κ1) is 48.5. The number of hydrogen-bond donors (Lipinski definition) is 2. The number of hydrogen-bond acceptors (Lipinski definition) is 11. The number of para-hydroxylation sites is 1. The maximum atomic E-state index is 14.3. The number of piperidine rings is 1. The van der Waals surface area contributed by atoms with E-state index in [9.17, 15) is 32.8 Å². The van der Waals surface area contributed by atoms with Crippen molar-refractivity contribution in [1.82, 2.24) is 38.7 Å². The van der Waals surface area contributed by atoms with Crippen molar-refractivity contribution in [2.45, 2.75) is 83.8 Å². The molecule has 0 spiro atoms. The molecule has 2 aliphatic heterocycles. The summed E-state index contributed by atoms with van der Waals surface area (Å²) in [6.07, 6.45) is 5.60. The van der Waals surface area contributed by atoms with Crippen molar-refractivity contribution >= 4 is 51.7 Å². The van der Waals surface area contributed by atoms with Crippen LogP contribution in [0.3, 0.4) is 0 Å². The van der Waals surface area contributed by atoms with Crippen LogP contribution in [0.25, 0.3) is 22.2 Å². The lowest BCUT2D eigenvalue weighted by atomic mass is 10.0. The number of alkyl halides is 2. The molecular formula is C49H58F2N10O8. The van der Waals surface area contributed by atoms with Crippen LogP contribution in [-0.4, -0.2) is 115 Å². The minimum atomic E-state index is -2.94. The van der Waals surface area contributed by atoms with E-state index in [1.54, 1.807) is 39.4 Å². The van der Waals surface area contributed by atoms with E-state index in [0.29, 0.717) is 75.7 Å². The summed E-state index contributed by atoms with van der Waals surface area (Å²) in [5.74, 6) is -1.39. The van der Waals surface area contributed by atoms with Gasteiger partial charge in [-0.2, -0.15) is 10.2 Å². The molecule has 6 aromatic rings. The van der Waals surface area contributed by atoms with Gasteiger partial charge >= 0.3 is 11.8 Å². The fourth-order valence-corrected chi connectivity index (χ4v) is 8.77. The number of imidazole rings is 1. The van der Waals surface area contributed by atoms with Crippen molar-refractivity contribution in [3.05, 3.63) is 106 Å². The third-order valence-corrected chi connectivity index (χ3v) is 12.3. The fraction of sp³-hybridized carbons (Fsp3) is 0.449. The molecule has 2 aromatic carbocycles. The summed E-state index contributed by atoms with van der Waals surface area (Å²) in [5, 5.41) is 13.4. The molecule has 20 heteroatoms. The van der Waals surface area contributed by atoms with Gasteiger partial charge in [-0.05, 0) is 101 Å². The number of carbonyl (C=O) groups excluding carboxylic acids is 4. The van der Waals surface area contributed by atoms with Gasteiger partial charge in [0.2, 0.25) is 11.8 Å². The average Bonchev–Trinajstić information content (AvgIpc) is 4.02. The Bertz CT molecular complexity index is 2870. The van der Waals surface area contributed by atoms with Crippen LogP contribution in [0.5, 0.6) is 0 Å². The SMILES string of the molecule is Cn1c(=O)n(C2CCC(=O)NC2=O)c2cccc(CCCOCCOCCCCc3ccc(-n4cc(NC(=O)c5cnn6ccc(N7CCN(C(=O)OC(C)(C)C)CC7)cc56)c(C(F)F)n4)cc3)c21. The maximum Gasteiger partial charge on any atom is 0.410 e. The van der Waals surface area contributed by atoms with Crippen LogP contribution in [0, 0.1) is 0 Å². The Labute approximate surface area is 397 Å². The van der Waals surface area contributed by atoms with E-state index in [4.69, 9.17) is 14.2 Å². The number of halogens is 2. The van der Waals surface area contributed by atoms with Crippen molar-refractivity contribution in [1.29, 1.82) is 0 Å². The molecule has 8 rings (SSSR count). The van der Waals surface area contributed by atoms with Gasteiger partial charge in [0.15, 0.2) is 5.69 Å². The second kappa shape index (κ2) is 21.2. The number of benzene rings is 2. The van der Waals surface area contributed by atoms with Crippen LogP contribution < -0.4 is 21.2 Å². The second-order valence-corrected chi connectivity index (χ2v) is 18.3. The molecule has 2 N–H and O–H groups in total. The van der Waals surface area contributed by atoms with Gasteiger partial charge in [0, 0.05) is 64.7 Å². The molecule has 1 atom stereocenters. The van der Waals surface area contributed by atoms with Gasteiger partial charge in [0.25, 0.3) is 12.3 Å². The van der Waals surface area contributed by atoms with Crippen LogP contribution in [0.15, 0.2) is 78.0 Å². The van der Waals surface area contributed by atoms with Crippen LogP contribution >= 0.6 is 0 Å². The summed E-state index contributed by atoms with van der Waals surface area (Å²) >= 11 is 0. The third kappa shape index (κ3) is 11.3. The summed E-state index contributed by atoms with van der Waals surface area (Å²) in [6, 6.07) is 16.1. The van der Waals surface area contributed by atoms with Crippen molar-refractivity contribution in [3.8, 4) is 5.69 Å². The molecule has 69 heavy (non-hydrogen) atoms. The standard InChI is InChI=1S/C49H58F2N10O8/c1-49(2,3)69-48(66)58-23-21-57(22-24-58)35-19-20-59-40(29-35)36(30-52-59)45(63)53-37-31-60(55-42(37)44(50)51)34-15-13-32(14-16-34)9-5-6-25-67-27-28-68-26-8-11-33-10-7-12-38-43(33)56(4)47(65)61(38)39-17-18-41(62)54-46(39)64/h7,10,12-16,19-20,29-31,39,44H,5-6,8-9,11,17-18,21-28H2,1-4H3,(H,53,63)(H,54,62,64).